The Morgan fingerprint density at radius 3 is 2.58 bits per heavy atom. The van der Waals surface area contributed by atoms with Crippen molar-refractivity contribution in [2.75, 3.05) is 7.11 Å². The van der Waals surface area contributed by atoms with Crippen LogP contribution in [0.3, 0.4) is 0 Å². The Labute approximate surface area is 115 Å². The van der Waals surface area contributed by atoms with E-state index in [9.17, 15) is 4.79 Å². The number of benzene rings is 1. The Morgan fingerprint density at radius 2 is 1.95 bits per heavy atom. The largest absolute Gasteiger partial charge is 0.496 e. The van der Waals surface area contributed by atoms with Gasteiger partial charge < -0.3 is 10.1 Å². The van der Waals surface area contributed by atoms with E-state index >= 15 is 0 Å². The van der Waals surface area contributed by atoms with Crippen molar-refractivity contribution in [2.24, 2.45) is 5.92 Å². The fourth-order valence-corrected chi connectivity index (χ4v) is 2.78. The molecule has 0 heterocycles. The summed E-state index contributed by atoms with van der Waals surface area (Å²) in [5, 5.41) is 3.07. The fourth-order valence-electron chi connectivity index (χ4n) is 2.78. The van der Waals surface area contributed by atoms with E-state index in [4.69, 9.17) is 4.74 Å². The van der Waals surface area contributed by atoms with Gasteiger partial charge in [-0.15, -0.1) is 0 Å². The Morgan fingerprint density at radius 1 is 1.26 bits per heavy atom. The number of methoxy groups -OCH3 is 1. The first-order valence-corrected chi connectivity index (χ1v) is 7.04. The highest BCUT2D eigenvalue weighted by atomic mass is 16.5. The number of ether oxygens (including phenoxy) is 1. The van der Waals surface area contributed by atoms with Gasteiger partial charge in [-0.3, -0.25) is 4.79 Å². The molecule has 3 nitrogen and oxygen atoms in total. The van der Waals surface area contributed by atoms with Gasteiger partial charge in [0.1, 0.15) is 5.75 Å². The summed E-state index contributed by atoms with van der Waals surface area (Å²) >= 11 is 0. The highest BCUT2D eigenvalue weighted by Gasteiger charge is 2.22. The molecule has 0 spiro atoms. The van der Waals surface area contributed by atoms with Crippen molar-refractivity contribution >= 4 is 5.91 Å². The number of carbonyl (C=O) groups is 1. The quantitative estimate of drug-likeness (QED) is 0.904. The summed E-state index contributed by atoms with van der Waals surface area (Å²) in [6.45, 7) is 4.75. The van der Waals surface area contributed by atoms with Gasteiger partial charge in [-0.1, -0.05) is 18.9 Å². The second-order valence-electron chi connectivity index (χ2n) is 5.38. The van der Waals surface area contributed by atoms with Crippen molar-refractivity contribution in [2.45, 2.75) is 46.1 Å². The molecule has 0 atom stereocenters. The lowest BCUT2D eigenvalue weighted by Gasteiger charge is -2.15. The Kier molecular flexibility index (Phi) is 4.46. The van der Waals surface area contributed by atoms with Crippen LogP contribution < -0.4 is 10.1 Å². The topological polar surface area (TPSA) is 38.3 Å². The van der Waals surface area contributed by atoms with Crippen LogP contribution in [-0.2, 0) is 11.3 Å². The number of rotatable bonds is 4. The van der Waals surface area contributed by atoms with Gasteiger partial charge in [0.05, 0.1) is 7.11 Å². The zero-order valence-corrected chi connectivity index (χ0v) is 12.1. The lowest BCUT2D eigenvalue weighted by molar-refractivity contribution is -0.124. The molecule has 0 bridgehead atoms. The normalized spacial score (nSPS) is 15.5. The number of hydrogen-bond acceptors (Lipinski definition) is 2. The molecule has 0 aliphatic heterocycles. The maximum absolute atomic E-state index is 12.0. The van der Waals surface area contributed by atoms with Gasteiger partial charge in [0, 0.05) is 12.5 Å². The van der Waals surface area contributed by atoms with Gasteiger partial charge in [-0.05, 0) is 49.4 Å². The van der Waals surface area contributed by atoms with E-state index in [2.05, 4.69) is 19.2 Å². The number of carbonyl (C=O) groups excluding carboxylic acids is 1. The zero-order valence-electron chi connectivity index (χ0n) is 12.1. The molecule has 0 radical (unpaired) electrons. The molecule has 1 aromatic carbocycles. The predicted octanol–water partition coefficient (Wildman–Crippen LogP) is 3.12. The Hall–Kier alpha value is -1.51. The Balaban J connectivity index is 1.99. The van der Waals surface area contributed by atoms with E-state index in [1.807, 2.05) is 12.1 Å². The molecule has 3 heteroatoms. The molecule has 1 aliphatic carbocycles. The van der Waals surface area contributed by atoms with Crippen molar-refractivity contribution in [3.05, 3.63) is 28.8 Å². The molecule has 19 heavy (non-hydrogen) atoms. The monoisotopic (exact) mass is 261 g/mol. The molecule has 2 rings (SSSR count). The standard InChI is InChI=1S/C16H23NO2/c1-11-12(2)15(19-3)9-8-14(11)10-17-16(18)13-6-4-5-7-13/h8-9,13H,4-7,10H2,1-3H3,(H,17,18). The fraction of sp³-hybridized carbons (Fsp3) is 0.562. The second kappa shape index (κ2) is 6.09. The maximum atomic E-state index is 12.0. The molecule has 1 N–H and O–H groups in total. The van der Waals surface area contributed by atoms with Gasteiger partial charge in [0.25, 0.3) is 0 Å². The molecular weight excluding hydrogens is 238 g/mol. The van der Waals surface area contributed by atoms with E-state index in [-0.39, 0.29) is 11.8 Å². The highest BCUT2D eigenvalue weighted by Crippen LogP contribution is 2.26. The first-order chi connectivity index (χ1) is 9.13. The lowest BCUT2D eigenvalue weighted by Crippen LogP contribution is -2.29. The summed E-state index contributed by atoms with van der Waals surface area (Å²) in [6, 6.07) is 4.01. The van der Waals surface area contributed by atoms with E-state index in [0.29, 0.717) is 6.54 Å². The number of amides is 1. The van der Waals surface area contributed by atoms with E-state index in [1.165, 1.54) is 24.0 Å². The predicted molar refractivity (Wildman–Crippen MR) is 76.3 cm³/mol. The van der Waals surface area contributed by atoms with Gasteiger partial charge in [0.2, 0.25) is 5.91 Å². The molecule has 1 aliphatic rings. The third-order valence-electron chi connectivity index (χ3n) is 4.25. The lowest BCUT2D eigenvalue weighted by atomic mass is 10.0. The third kappa shape index (κ3) is 3.09. The van der Waals surface area contributed by atoms with Crippen LogP contribution in [0.1, 0.15) is 42.4 Å². The first-order valence-electron chi connectivity index (χ1n) is 7.04. The van der Waals surface area contributed by atoms with Gasteiger partial charge in [-0.2, -0.15) is 0 Å². The maximum Gasteiger partial charge on any atom is 0.223 e. The van der Waals surface area contributed by atoms with Crippen LogP contribution in [0.2, 0.25) is 0 Å². The summed E-state index contributed by atoms with van der Waals surface area (Å²) in [4.78, 5) is 12.0. The van der Waals surface area contributed by atoms with E-state index < -0.39 is 0 Å². The minimum Gasteiger partial charge on any atom is -0.496 e. The average molecular weight is 261 g/mol. The highest BCUT2D eigenvalue weighted by molar-refractivity contribution is 5.78. The molecule has 0 saturated heterocycles. The minimum absolute atomic E-state index is 0.213. The van der Waals surface area contributed by atoms with Crippen molar-refractivity contribution < 1.29 is 9.53 Å². The van der Waals surface area contributed by atoms with Crippen LogP contribution >= 0.6 is 0 Å². The Bertz CT molecular complexity index is 462. The van der Waals surface area contributed by atoms with Gasteiger partial charge >= 0.3 is 0 Å². The SMILES string of the molecule is COc1ccc(CNC(=O)C2CCCC2)c(C)c1C. The molecule has 0 unspecified atom stereocenters. The van der Waals surface area contributed by atoms with E-state index in [0.717, 1.165) is 24.2 Å². The summed E-state index contributed by atoms with van der Waals surface area (Å²) in [5.74, 6) is 1.35. The van der Waals surface area contributed by atoms with E-state index in [1.54, 1.807) is 7.11 Å². The summed E-state index contributed by atoms with van der Waals surface area (Å²) < 4.78 is 5.30. The zero-order chi connectivity index (χ0) is 13.8. The minimum atomic E-state index is 0.213. The summed E-state index contributed by atoms with van der Waals surface area (Å²) in [7, 11) is 1.68. The van der Waals surface area contributed by atoms with Crippen molar-refractivity contribution in [3.63, 3.8) is 0 Å². The average Bonchev–Trinajstić information content (AvgIpc) is 2.94. The van der Waals surface area contributed by atoms with Crippen LogP contribution in [0.5, 0.6) is 5.75 Å². The van der Waals surface area contributed by atoms with Gasteiger partial charge in [-0.25, -0.2) is 0 Å². The first kappa shape index (κ1) is 13.9. The molecule has 1 aromatic rings. The molecule has 104 valence electrons. The molecule has 0 aromatic heterocycles. The summed E-state index contributed by atoms with van der Waals surface area (Å²) in [5.41, 5.74) is 3.52. The van der Waals surface area contributed by atoms with Crippen molar-refractivity contribution in [1.82, 2.24) is 5.32 Å². The van der Waals surface area contributed by atoms with Crippen molar-refractivity contribution in [3.8, 4) is 5.75 Å². The number of hydrogen-bond donors (Lipinski definition) is 1. The third-order valence-corrected chi connectivity index (χ3v) is 4.25. The van der Waals surface area contributed by atoms with Gasteiger partial charge in [0.15, 0.2) is 0 Å². The van der Waals surface area contributed by atoms with Crippen LogP contribution in [0.4, 0.5) is 0 Å². The van der Waals surface area contributed by atoms with Crippen LogP contribution in [0.15, 0.2) is 12.1 Å². The van der Waals surface area contributed by atoms with Crippen LogP contribution in [0, 0.1) is 19.8 Å². The smallest absolute Gasteiger partial charge is 0.223 e. The molecule has 1 amide bonds. The van der Waals surface area contributed by atoms with Crippen LogP contribution in [-0.4, -0.2) is 13.0 Å². The molecule has 1 saturated carbocycles. The van der Waals surface area contributed by atoms with Crippen LogP contribution in [0.25, 0.3) is 0 Å². The van der Waals surface area contributed by atoms with Crippen molar-refractivity contribution in [1.29, 1.82) is 0 Å². The number of nitrogens with one attached hydrogen (secondary N) is 1. The summed E-state index contributed by atoms with van der Waals surface area (Å²) in [6.07, 6.45) is 4.48. The second-order valence-corrected chi connectivity index (χ2v) is 5.38. The molecule has 1 fully saturated rings. The molecular formula is C16H23NO2.